The third-order valence-corrected chi connectivity index (χ3v) is 2.28. The van der Waals surface area contributed by atoms with Gasteiger partial charge in [0.2, 0.25) is 5.78 Å². The van der Waals surface area contributed by atoms with E-state index in [-0.39, 0.29) is 5.02 Å². The zero-order chi connectivity index (χ0) is 14.1. The highest BCUT2D eigenvalue weighted by molar-refractivity contribution is 6.31. The van der Waals surface area contributed by atoms with Crippen molar-refractivity contribution < 1.29 is 31.5 Å². The van der Waals surface area contributed by atoms with Crippen molar-refractivity contribution in [3.8, 4) is 5.75 Å². The Morgan fingerprint density at radius 1 is 1.22 bits per heavy atom. The molecule has 1 rings (SSSR count). The molecule has 0 N–H and O–H groups in total. The lowest BCUT2D eigenvalue weighted by Gasteiger charge is -2.19. The number of Topliss-reactive ketones (excluding diaryl/α,β-unsaturated/α-hetero) is 1. The predicted octanol–water partition coefficient (Wildman–Crippen LogP) is 3.73. The van der Waals surface area contributed by atoms with Crippen LogP contribution >= 0.6 is 11.6 Å². The minimum Gasteiger partial charge on any atom is -0.496 e. The van der Waals surface area contributed by atoms with Crippen LogP contribution < -0.4 is 4.74 Å². The first kappa shape index (κ1) is 14.7. The number of methoxy groups -OCH3 is 1. The van der Waals surface area contributed by atoms with Crippen LogP contribution in [0.4, 0.5) is 22.0 Å². The number of ether oxygens (including phenoxy) is 1. The molecule has 0 saturated heterocycles. The summed E-state index contributed by atoms with van der Waals surface area (Å²) in [4.78, 5) is 11.2. The van der Waals surface area contributed by atoms with Crippen LogP contribution in [0.1, 0.15) is 10.4 Å². The van der Waals surface area contributed by atoms with Gasteiger partial charge in [-0.3, -0.25) is 4.79 Å². The van der Waals surface area contributed by atoms with Gasteiger partial charge in [-0.15, -0.1) is 0 Å². The van der Waals surface area contributed by atoms with Gasteiger partial charge in [0.25, 0.3) is 0 Å². The number of hydrogen-bond donors (Lipinski definition) is 0. The third-order valence-electron chi connectivity index (χ3n) is 2.05. The van der Waals surface area contributed by atoms with Crippen LogP contribution in [0.5, 0.6) is 5.75 Å². The summed E-state index contributed by atoms with van der Waals surface area (Å²) in [6.45, 7) is 0. The predicted molar refractivity (Wildman–Crippen MR) is 53.3 cm³/mol. The van der Waals surface area contributed by atoms with Crippen molar-refractivity contribution in [2.45, 2.75) is 12.1 Å². The van der Waals surface area contributed by atoms with Crippen molar-refractivity contribution in [2.24, 2.45) is 0 Å². The average molecular weight is 289 g/mol. The van der Waals surface area contributed by atoms with Crippen LogP contribution in [-0.2, 0) is 0 Å². The smallest absolute Gasteiger partial charge is 0.461 e. The molecule has 0 unspecified atom stereocenters. The molecule has 0 heterocycles. The molecule has 2 nitrogen and oxygen atoms in total. The first-order chi connectivity index (χ1) is 8.11. The van der Waals surface area contributed by atoms with Gasteiger partial charge in [0.1, 0.15) is 5.75 Å². The lowest BCUT2D eigenvalue weighted by Crippen LogP contribution is -2.44. The van der Waals surface area contributed by atoms with Crippen molar-refractivity contribution in [1.82, 2.24) is 0 Å². The fraction of sp³-hybridized carbons (Fsp3) is 0.300. The molecule has 0 spiro atoms. The number of rotatable bonds is 3. The molecule has 0 atom stereocenters. The van der Waals surface area contributed by atoms with Gasteiger partial charge in [-0.1, -0.05) is 11.6 Å². The summed E-state index contributed by atoms with van der Waals surface area (Å²) in [6.07, 6.45) is -5.97. The summed E-state index contributed by atoms with van der Waals surface area (Å²) in [5.41, 5.74) is -0.924. The van der Waals surface area contributed by atoms with Crippen LogP contribution in [0.3, 0.4) is 0 Å². The molecule has 0 radical (unpaired) electrons. The normalized spacial score (nSPS) is 12.4. The van der Waals surface area contributed by atoms with Gasteiger partial charge in [-0.25, -0.2) is 0 Å². The highest BCUT2D eigenvalue weighted by atomic mass is 35.5. The van der Waals surface area contributed by atoms with Gasteiger partial charge < -0.3 is 4.74 Å². The van der Waals surface area contributed by atoms with Crippen LogP contribution in [0, 0.1) is 0 Å². The molecular formula is C10H6ClF5O2. The Labute approximate surface area is 103 Å². The SMILES string of the molecule is COc1ccc(Cl)cc1C(=O)C(F)(F)C(F)(F)F. The van der Waals surface area contributed by atoms with Gasteiger partial charge in [0.05, 0.1) is 12.7 Å². The molecule has 0 aromatic heterocycles. The van der Waals surface area contributed by atoms with Gasteiger partial charge >= 0.3 is 12.1 Å². The molecule has 0 fully saturated rings. The van der Waals surface area contributed by atoms with Crippen LogP contribution in [0.2, 0.25) is 5.02 Å². The summed E-state index contributed by atoms with van der Waals surface area (Å²) in [5.74, 6) is -8.31. The molecule has 0 saturated carbocycles. The van der Waals surface area contributed by atoms with Gasteiger partial charge in [0.15, 0.2) is 0 Å². The van der Waals surface area contributed by atoms with E-state index < -0.39 is 29.2 Å². The molecular weight excluding hydrogens is 283 g/mol. The number of alkyl halides is 5. The van der Waals surface area contributed by atoms with Gasteiger partial charge in [-0.2, -0.15) is 22.0 Å². The average Bonchev–Trinajstić information content (AvgIpc) is 2.26. The summed E-state index contributed by atoms with van der Waals surface area (Å²) in [5, 5.41) is -0.155. The Bertz CT molecular complexity index is 470. The van der Waals surface area contributed by atoms with Crippen molar-refractivity contribution in [3.63, 3.8) is 0 Å². The Morgan fingerprint density at radius 3 is 2.22 bits per heavy atom. The molecule has 1 aromatic rings. The van der Waals surface area contributed by atoms with E-state index in [1.54, 1.807) is 0 Å². The second-order valence-corrected chi connectivity index (χ2v) is 3.68. The maximum absolute atomic E-state index is 12.9. The van der Waals surface area contributed by atoms with E-state index in [4.69, 9.17) is 11.6 Å². The third kappa shape index (κ3) is 2.55. The summed E-state index contributed by atoms with van der Waals surface area (Å²) in [6, 6.07) is 2.92. The zero-order valence-electron chi connectivity index (χ0n) is 8.82. The second kappa shape index (κ2) is 4.72. The lowest BCUT2D eigenvalue weighted by atomic mass is 10.0. The largest absolute Gasteiger partial charge is 0.496 e. The van der Waals surface area contributed by atoms with Gasteiger partial charge in [-0.05, 0) is 18.2 Å². The van der Waals surface area contributed by atoms with Crippen molar-refractivity contribution >= 4 is 17.4 Å². The standard InChI is InChI=1S/C10H6ClF5O2/c1-18-7-3-2-5(11)4-6(7)8(17)9(12,13)10(14,15)16/h2-4H,1H3. The minimum absolute atomic E-state index is 0.155. The number of hydrogen-bond acceptors (Lipinski definition) is 2. The Hall–Kier alpha value is -1.37. The fourth-order valence-corrected chi connectivity index (χ4v) is 1.33. The molecule has 8 heteroatoms. The van der Waals surface area contributed by atoms with E-state index in [1.165, 1.54) is 6.07 Å². The molecule has 0 amide bonds. The monoisotopic (exact) mass is 288 g/mol. The van der Waals surface area contributed by atoms with E-state index in [0.29, 0.717) is 6.07 Å². The van der Waals surface area contributed by atoms with E-state index in [1.807, 2.05) is 0 Å². The second-order valence-electron chi connectivity index (χ2n) is 3.25. The Morgan fingerprint density at radius 2 is 1.78 bits per heavy atom. The van der Waals surface area contributed by atoms with Crippen molar-refractivity contribution in [2.75, 3.05) is 7.11 Å². The molecule has 0 aliphatic heterocycles. The van der Waals surface area contributed by atoms with E-state index >= 15 is 0 Å². The summed E-state index contributed by atoms with van der Waals surface area (Å²) in [7, 11) is 1.03. The van der Waals surface area contributed by atoms with Crippen LogP contribution in [0.25, 0.3) is 0 Å². The van der Waals surface area contributed by atoms with Gasteiger partial charge in [0, 0.05) is 5.02 Å². The maximum atomic E-state index is 12.9. The van der Waals surface area contributed by atoms with Crippen LogP contribution in [-0.4, -0.2) is 25.0 Å². The molecule has 1 aromatic carbocycles. The molecule has 18 heavy (non-hydrogen) atoms. The highest BCUT2D eigenvalue weighted by Crippen LogP contribution is 2.40. The quantitative estimate of drug-likeness (QED) is 0.626. The lowest BCUT2D eigenvalue weighted by molar-refractivity contribution is -0.255. The Balaban J connectivity index is 3.31. The fourth-order valence-electron chi connectivity index (χ4n) is 1.16. The van der Waals surface area contributed by atoms with E-state index in [2.05, 4.69) is 4.74 Å². The first-order valence-corrected chi connectivity index (χ1v) is 4.82. The maximum Gasteiger partial charge on any atom is 0.461 e. The Kier molecular flexibility index (Phi) is 3.85. The minimum atomic E-state index is -5.97. The number of carbonyl (C=O) groups excluding carboxylic acids is 1. The topological polar surface area (TPSA) is 26.3 Å². The number of ketones is 1. The van der Waals surface area contributed by atoms with E-state index in [0.717, 1.165) is 13.2 Å². The van der Waals surface area contributed by atoms with Crippen molar-refractivity contribution in [1.29, 1.82) is 0 Å². The molecule has 0 aliphatic carbocycles. The molecule has 0 aliphatic rings. The highest BCUT2D eigenvalue weighted by Gasteiger charge is 2.63. The summed E-state index contributed by atoms with van der Waals surface area (Å²) >= 11 is 5.45. The molecule has 0 bridgehead atoms. The summed E-state index contributed by atoms with van der Waals surface area (Å²) < 4.78 is 66.5. The molecule has 100 valence electrons. The van der Waals surface area contributed by atoms with E-state index in [9.17, 15) is 26.7 Å². The number of benzene rings is 1. The first-order valence-electron chi connectivity index (χ1n) is 4.44. The number of carbonyl (C=O) groups is 1. The van der Waals surface area contributed by atoms with Crippen molar-refractivity contribution in [3.05, 3.63) is 28.8 Å². The zero-order valence-corrected chi connectivity index (χ0v) is 9.57. The van der Waals surface area contributed by atoms with Crippen LogP contribution in [0.15, 0.2) is 18.2 Å². The number of halogens is 6.